The minimum Gasteiger partial charge on any atom is -0.370 e. The first kappa shape index (κ1) is 15.3. The summed E-state index contributed by atoms with van der Waals surface area (Å²) in [7, 11) is -3.40. The summed E-state index contributed by atoms with van der Waals surface area (Å²) in [4.78, 5) is 4.48. The topological polar surface area (TPSA) is 62.3 Å². The third kappa shape index (κ3) is 3.70. The van der Waals surface area contributed by atoms with Crippen molar-refractivity contribution in [3.8, 4) is 0 Å². The summed E-state index contributed by atoms with van der Waals surface area (Å²) in [6.07, 6.45) is 4.81. The van der Waals surface area contributed by atoms with E-state index in [9.17, 15) is 8.42 Å². The van der Waals surface area contributed by atoms with Crippen LogP contribution in [0.4, 0.5) is 5.82 Å². The van der Waals surface area contributed by atoms with Crippen LogP contribution in [-0.2, 0) is 10.0 Å². The standard InChI is InChI=1S/C14H23N3O2S/c1-3-8-15-14-10-13(7-9-16-14)20(18,19)17(4-2)11-12-5-6-12/h7,9-10,12H,3-6,8,11H2,1-2H3,(H,15,16). The van der Waals surface area contributed by atoms with E-state index in [4.69, 9.17) is 0 Å². The molecule has 5 nitrogen and oxygen atoms in total. The minimum atomic E-state index is -3.40. The molecule has 1 aromatic rings. The summed E-state index contributed by atoms with van der Waals surface area (Å²) >= 11 is 0. The molecule has 0 aliphatic heterocycles. The average molecular weight is 297 g/mol. The first-order chi connectivity index (χ1) is 9.57. The van der Waals surface area contributed by atoms with E-state index in [0.717, 1.165) is 25.8 Å². The van der Waals surface area contributed by atoms with Gasteiger partial charge in [-0.3, -0.25) is 0 Å². The van der Waals surface area contributed by atoms with Crippen molar-refractivity contribution >= 4 is 15.8 Å². The molecule has 1 aromatic heterocycles. The van der Waals surface area contributed by atoms with Crippen molar-refractivity contribution in [1.82, 2.24) is 9.29 Å². The smallest absolute Gasteiger partial charge is 0.243 e. The Kier molecular flexibility index (Phi) is 4.99. The van der Waals surface area contributed by atoms with Gasteiger partial charge in [-0.2, -0.15) is 4.31 Å². The highest BCUT2D eigenvalue weighted by Crippen LogP contribution is 2.31. The lowest BCUT2D eigenvalue weighted by Crippen LogP contribution is -2.32. The molecule has 112 valence electrons. The highest BCUT2D eigenvalue weighted by molar-refractivity contribution is 7.89. The number of anilines is 1. The summed E-state index contributed by atoms with van der Waals surface area (Å²) in [5.74, 6) is 1.17. The van der Waals surface area contributed by atoms with Crippen LogP contribution in [0.2, 0.25) is 0 Å². The van der Waals surface area contributed by atoms with Gasteiger partial charge in [-0.25, -0.2) is 13.4 Å². The van der Waals surface area contributed by atoms with Gasteiger partial charge in [0.2, 0.25) is 10.0 Å². The van der Waals surface area contributed by atoms with Crippen LogP contribution >= 0.6 is 0 Å². The molecule has 0 radical (unpaired) electrons. The SMILES string of the molecule is CCCNc1cc(S(=O)(=O)N(CC)CC2CC2)ccn1. The van der Waals surface area contributed by atoms with Crippen LogP contribution in [0.1, 0.15) is 33.1 Å². The maximum atomic E-state index is 12.6. The molecule has 0 spiro atoms. The zero-order chi connectivity index (χ0) is 14.6. The summed E-state index contributed by atoms with van der Waals surface area (Å²) in [5.41, 5.74) is 0. The van der Waals surface area contributed by atoms with E-state index in [1.165, 1.54) is 0 Å². The number of hydrogen-bond donors (Lipinski definition) is 1. The Hall–Kier alpha value is -1.14. The Morgan fingerprint density at radius 1 is 1.40 bits per heavy atom. The Morgan fingerprint density at radius 3 is 2.75 bits per heavy atom. The van der Waals surface area contributed by atoms with Gasteiger partial charge in [-0.15, -0.1) is 0 Å². The number of pyridine rings is 1. The van der Waals surface area contributed by atoms with E-state index in [2.05, 4.69) is 17.2 Å². The second kappa shape index (κ2) is 6.54. The van der Waals surface area contributed by atoms with Crippen molar-refractivity contribution in [2.24, 2.45) is 5.92 Å². The Morgan fingerprint density at radius 2 is 2.15 bits per heavy atom. The first-order valence-electron chi connectivity index (χ1n) is 7.28. The highest BCUT2D eigenvalue weighted by atomic mass is 32.2. The molecule has 6 heteroatoms. The molecule has 0 atom stereocenters. The monoisotopic (exact) mass is 297 g/mol. The minimum absolute atomic E-state index is 0.327. The van der Waals surface area contributed by atoms with Crippen LogP contribution in [-0.4, -0.2) is 37.3 Å². The maximum Gasteiger partial charge on any atom is 0.243 e. The number of rotatable bonds is 8. The number of nitrogens with one attached hydrogen (secondary N) is 1. The van der Waals surface area contributed by atoms with E-state index >= 15 is 0 Å². The Bertz CT molecular complexity index is 541. The van der Waals surface area contributed by atoms with Gasteiger partial charge in [-0.1, -0.05) is 13.8 Å². The maximum absolute atomic E-state index is 12.6. The zero-order valence-corrected chi connectivity index (χ0v) is 13.0. The summed E-state index contributed by atoms with van der Waals surface area (Å²) < 4.78 is 26.8. The fourth-order valence-electron chi connectivity index (χ4n) is 2.06. The van der Waals surface area contributed by atoms with Crippen molar-refractivity contribution in [3.63, 3.8) is 0 Å². The first-order valence-corrected chi connectivity index (χ1v) is 8.72. The third-order valence-corrected chi connectivity index (χ3v) is 5.37. The second-order valence-electron chi connectivity index (χ2n) is 5.20. The van der Waals surface area contributed by atoms with Gasteiger partial charge in [0, 0.05) is 31.9 Å². The van der Waals surface area contributed by atoms with Crippen molar-refractivity contribution in [1.29, 1.82) is 0 Å². The molecule has 0 aromatic carbocycles. The molecule has 0 unspecified atom stereocenters. The summed E-state index contributed by atoms with van der Waals surface area (Å²) in [5, 5.41) is 3.12. The van der Waals surface area contributed by atoms with Crippen LogP contribution in [0.25, 0.3) is 0 Å². The third-order valence-electron chi connectivity index (χ3n) is 3.44. The van der Waals surface area contributed by atoms with Gasteiger partial charge < -0.3 is 5.32 Å². The number of nitrogens with zero attached hydrogens (tertiary/aromatic N) is 2. The van der Waals surface area contributed by atoms with Crippen molar-refractivity contribution in [3.05, 3.63) is 18.3 Å². The molecule has 1 N–H and O–H groups in total. The van der Waals surface area contributed by atoms with E-state index in [-0.39, 0.29) is 0 Å². The Balaban J connectivity index is 2.18. The summed E-state index contributed by atoms with van der Waals surface area (Å²) in [6.45, 7) is 5.88. The second-order valence-corrected chi connectivity index (χ2v) is 7.14. The fraction of sp³-hybridized carbons (Fsp3) is 0.643. The number of sulfonamides is 1. The molecule has 1 aliphatic rings. The highest BCUT2D eigenvalue weighted by Gasteiger charge is 2.30. The molecule has 1 saturated carbocycles. The predicted octanol–water partition coefficient (Wildman–Crippen LogP) is 2.32. The fourth-order valence-corrected chi connectivity index (χ4v) is 3.59. The van der Waals surface area contributed by atoms with E-state index in [1.807, 2.05) is 6.92 Å². The molecule has 1 aliphatic carbocycles. The van der Waals surface area contributed by atoms with Crippen LogP contribution < -0.4 is 5.32 Å². The van der Waals surface area contributed by atoms with Crippen LogP contribution in [0, 0.1) is 5.92 Å². The van der Waals surface area contributed by atoms with Crippen molar-refractivity contribution < 1.29 is 8.42 Å². The molecule has 0 saturated heterocycles. The van der Waals surface area contributed by atoms with Gasteiger partial charge in [0.05, 0.1) is 4.90 Å². The van der Waals surface area contributed by atoms with Crippen LogP contribution in [0.3, 0.4) is 0 Å². The quantitative estimate of drug-likeness (QED) is 0.800. The van der Waals surface area contributed by atoms with Crippen LogP contribution in [0.15, 0.2) is 23.2 Å². The lowest BCUT2D eigenvalue weighted by atomic mass is 10.4. The van der Waals surface area contributed by atoms with Gasteiger partial charge in [0.25, 0.3) is 0 Å². The molecular formula is C14H23N3O2S. The molecular weight excluding hydrogens is 274 g/mol. The normalized spacial score (nSPS) is 15.6. The Labute approximate surface area is 121 Å². The number of hydrogen-bond acceptors (Lipinski definition) is 4. The van der Waals surface area contributed by atoms with Gasteiger partial charge in [-0.05, 0) is 31.2 Å². The molecule has 1 fully saturated rings. The van der Waals surface area contributed by atoms with Crippen molar-refractivity contribution in [2.75, 3.05) is 25.0 Å². The molecule has 0 amide bonds. The number of aromatic nitrogens is 1. The molecule has 20 heavy (non-hydrogen) atoms. The molecule has 0 bridgehead atoms. The largest absolute Gasteiger partial charge is 0.370 e. The molecule has 2 rings (SSSR count). The van der Waals surface area contributed by atoms with Crippen LogP contribution in [0.5, 0.6) is 0 Å². The van der Waals surface area contributed by atoms with E-state index in [0.29, 0.717) is 29.7 Å². The van der Waals surface area contributed by atoms with Gasteiger partial charge in [0.1, 0.15) is 5.82 Å². The van der Waals surface area contributed by atoms with Gasteiger partial charge >= 0.3 is 0 Å². The lowest BCUT2D eigenvalue weighted by Gasteiger charge is -2.20. The summed E-state index contributed by atoms with van der Waals surface area (Å²) in [6, 6.07) is 3.20. The zero-order valence-electron chi connectivity index (χ0n) is 12.2. The molecule has 1 heterocycles. The lowest BCUT2D eigenvalue weighted by molar-refractivity contribution is 0.412. The average Bonchev–Trinajstić information content (AvgIpc) is 3.26. The van der Waals surface area contributed by atoms with Gasteiger partial charge in [0.15, 0.2) is 0 Å². The van der Waals surface area contributed by atoms with E-state index in [1.54, 1.807) is 22.6 Å². The predicted molar refractivity (Wildman–Crippen MR) is 80.2 cm³/mol. The van der Waals surface area contributed by atoms with E-state index < -0.39 is 10.0 Å². The van der Waals surface area contributed by atoms with Crippen molar-refractivity contribution in [2.45, 2.75) is 38.0 Å².